The fraction of sp³-hybridized carbons (Fsp3) is 0.866. The largest absolute Gasteiger partial charge is 0.394 e. The lowest BCUT2D eigenvalue weighted by Gasteiger charge is -2.46. The molecule has 2 aliphatic rings. The van der Waals surface area contributed by atoms with Gasteiger partial charge in [-0.15, -0.1) is 0 Å². The van der Waals surface area contributed by atoms with E-state index in [9.17, 15) is 45.6 Å². The van der Waals surface area contributed by atoms with Gasteiger partial charge in [0.05, 0.1) is 32.0 Å². The van der Waals surface area contributed by atoms with Crippen LogP contribution in [-0.2, 0) is 23.7 Å². The molecule has 2 rings (SSSR count). The van der Waals surface area contributed by atoms with Gasteiger partial charge in [-0.25, -0.2) is 0 Å². The number of aliphatic hydroxyl groups excluding tert-OH is 8. The highest BCUT2D eigenvalue weighted by molar-refractivity contribution is 5.76. The lowest BCUT2D eigenvalue weighted by molar-refractivity contribution is -0.359. The van der Waals surface area contributed by atoms with Crippen LogP contribution >= 0.6 is 0 Å². The van der Waals surface area contributed by atoms with Crippen LogP contribution < -0.4 is 5.32 Å². The van der Waals surface area contributed by atoms with E-state index < -0.39 is 86.8 Å². The molecule has 12 atom stereocenters. The van der Waals surface area contributed by atoms with Gasteiger partial charge in [-0.2, -0.15) is 0 Å². The Labute approximate surface area is 493 Å². The van der Waals surface area contributed by atoms with Gasteiger partial charge in [-0.05, 0) is 70.6 Å². The smallest absolute Gasteiger partial charge is 0.220 e. The summed E-state index contributed by atoms with van der Waals surface area (Å²) in [5.41, 5.74) is 0. The minimum absolute atomic E-state index is 0.260. The average Bonchev–Trinajstić information content (AvgIpc) is 3.62. The van der Waals surface area contributed by atoms with Crippen molar-refractivity contribution >= 4 is 5.91 Å². The van der Waals surface area contributed by atoms with Gasteiger partial charge in [-0.3, -0.25) is 4.79 Å². The predicted octanol–water partition coefficient (Wildman–Crippen LogP) is 12.7. The summed E-state index contributed by atoms with van der Waals surface area (Å²) in [7, 11) is 0. The number of ether oxygens (including phenoxy) is 4. The Kier molecular flexibility index (Phi) is 48.5. The Morgan fingerprint density at radius 1 is 0.432 bits per heavy atom. The summed E-state index contributed by atoms with van der Waals surface area (Å²) < 4.78 is 22.8. The van der Waals surface area contributed by atoms with Crippen molar-refractivity contribution in [2.75, 3.05) is 19.8 Å². The monoisotopic (exact) mass is 1150 g/mol. The highest BCUT2D eigenvalue weighted by Crippen LogP contribution is 2.30. The van der Waals surface area contributed by atoms with Crippen LogP contribution in [-0.4, -0.2) is 140 Å². The fourth-order valence-corrected chi connectivity index (χ4v) is 10.8. The third-order valence-electron chi connectivity index (χ3n) is 16.2. The topological polar surface area (TPSA) is 228 Å². The first-order chi connectivity index (χ1) is 39.6. The molecule has 0 aliphatic carbocycles. The lowest BCUT2D eigenvalue weighted by atomic mass is 9.97. The highest BCUT2D eigenvalue weighted by Gasteiger charge is 2.51. The molecular weight excluding hydrogens is 1030 g/mol. The van der Waals surface area contributed by atoms with E-state index in [-0.39, 0.29) is 18.9 Å². The molecule has 9 N–H and O–H groups in total. The van der Waals surface area contributed by atoms with E-state index in [0.717, 1.165) is 64.2 Å². The van der Waals surface area contributed by atoms with Crippen molar-refractivity contribution in [2.24, 2.45) is 0 Å². The Morgan fingerprint density at radius 3 is 1.21 bits per heavy atom. The molecule has 1 amide bonds. The molecule has 474 valence electrons. The van der Waals surface area contributed by atoms with Crippen LogP contribution in [0.3, 0.4) is 0 Å². The number of rotatable bonds is 54. The van der Waals surface area contributed by atoms with Gasteiger partial charge in [-0.1, -0.05) is 249 Å². The number of carbonyl (C=O) groups is 1. The summed E-state index contributed by atoms with van der Waals surface area (Å²) >= 11 is 0. The maximum absolute atomic E-state index is 13.3. The Balaban J connectivity index is 1.71. The first-order valence-corrected chi connectivity index (χ1v) is 33.4. The molecule has 0 aromatic carbocycles. The molecule has 2 aliphatic heterocycles. The quantitative estimate of drug-likeness (QED) is 0.0204. The second-order valence-corrected chi connectivity index (χ2v) is 23.6. The molecule has 81 heavy (non-hydrogen) atoms. The summed E-state index contributed by atoms with van der Waals surface area (Å²) in [5, 5.41) is 87.2. The number of aliphatic hydroxyl groups is 8. The van der Waals surface area contributed by atoms with Gasteiger partial charge >= 0.3 is 0 Å². The van der Waals surface area contributed by atoms with Crippen molar-refractivity contribution in [3.63, 3.8) is 0 Å². The zero-order valence-corrected chi connectivity index (χ0v) is 51.3. The van der Waals surface area contributed by atoms with Crippen LogP contribution in [0.25, 0.3) is 0 Å². The molecule has 14 nitrogen and oxygen atoms in total. The van der Waals surface area contributed by atoms with Crippen LogP contribution in [0, 0.1) is 0 Å². The van der Waals surface area contributed by atoms with Crippen molar-refractivity contribution in [1.82, 2.24) is 5.32 Å². The summed E-state index contributed by atoms with van der Waals surface area (Å²) in [6, 6.07) is -0.943. The molecule has 14 heteroatoms. The van der Waals surface area contributed by atoms with Crippen molar-refractivity contribution in [1.29, 1.82) is 0 Å². The van der Waals surface area contributed by atoms with E-state index in [2.05, 4.69) is 55.6 Å². The second kappa shape index (κ2) is 52.3. The summed E-state index contributed by atoms with van der Waals surface area (Å²) in [5.74, 6) is -0.261. The van der Waals surface area contributed by atoms with Gasteiger partial charge < -0.3 is 65.1 Å². The van der Waals surface area contributed by atoms with Crippen LogP contribution in [0.2, 0.25) is 0 Å². The normalized spacial score (nSPS) is 24.4. The third-order valence-corrected chi connectivity index (χ3v) is 16.2. The van der Waals surface area contributed by atoms with Gasteiger partial charge in [0.25, 0.3) is 0 Å². The van der Waals surface area contributed by atoms with Crippen LogP contribution in [0.4, 0.5) is 0 Å². The zero-order valence-electron chi connectivity index (χ0n) is 51.3. The van der Waals surface area contributed by atoms with E-state index in [1.54, 1.807) is 6.08 Å². The van der Waals surface area contributed by atoms with Crippen molar-refractivity contribution in [3.8, 4) is 0 Å². The Hall–Kier alpha value is -2.05. The van der Waals surface area contributed by atoms with E-state index in [0.29, 0.717) is 12.8 Å². The molecular formula is C67H123NO13. The Morgan fingerprint density at radius 2 is 0.790 bits per heavy atom. The summed E-state index contributed by atoms with van der Waals surface area (Å²) in [4.78, 5) is 13.3. The second-order valence-electron chi connectivity index (χ2n) is 23.6. The highest BCUT2D eigenvalue weighted by atomic mass is 16.7. The minimum Gasteiger partial charge on any atom is -0.394 e. The summed E-state index contributed by atoms with van der Waals surface area (Å²) in [6.07, 6.45) is 50.4. The number of allylic oxidation sites excluding steroid dienone is 7. The van der Waals surface area contributed by atoms with Crippen molar-refractivity contribution in [3.05, 3.63) is 48.6 Å². The molecule has 0 saturated carbocycles. The van der Waals surface area contributed by atoms with Crippen molar-refractivity contribution in [2.45, 2.75) is 351 Å². The number of hydrogen-bond acceptors (Lipinski definition) is 13. The number of unbranched alkanes of at least 4 members (excludes halogenated alkanes) is 35. The summed E-state index contributed by atoms with van der Waals surface area (Å²) in [6.45, 7) is 2.79. The van der Waals surface area contributed by atoms with E-state index in [1.807, 2.05) is 6.08 Å². The third kappa shape index (κ3) is 37.2. The average molecular weight is 1150 g/mol. The van der Waals surface area contributed by atoms with E-state index >= 15 is 0 Å². The maximum Gasteiger partial charge on any atom is 0.220 e. The zero-order chi connectivity index (χ0) is 58.8. The fourth-order valence-electron chi connectivity index (χ4n) is 10.8. The minimum atomic E-state index is -1.79. The number of carbonyl (C=O) groups excluding carboxylic acids is 1. The van der Waals surface area contributed by atoms with Crippen LogP contribution in [0.1, 0.15) is 277 Å². The number of hydrogen-bond donors (Lipinski definition) is 9. The number of nitrogens with one attached hydrogen (secondary N) is 1. The molecule has 0 aromatic heterocycles. The van der Waals surface area contributed by atoms with Crippen molar-refractivity contribution < 1.29 is 64.6 Å². The van der Waals surface area contributed by atoms with Crippen LogP contribution in [0.15, 0.2) is 48.6 Å². The molecule has 2 fully saturated rings. The van der Waals surface area contributed by atoms with Gasteiger partial charge in [0, 0.05) is 6.42 Å². The SMILES string of the molecule is CCCCCCCCC/C=C\CCCCCCCC(=O)NC(COC1OC(CO)C(OC2OC(CO)C(O)C(O)C2O)C(O)C1O)C(O)/C=C/CC/C=C/CC/C=C/CCCCCCCCCCCCCCCCCCCCCCC. The number of amides is 1. The van der Waals surface area contributed by atoms with Crippen LogP contribution in [0.5, 0.6) is 0 Å². The molecule has 2 saturated heterocycles. The molecule has 12 unspecified atom stereocenters. The molecule has 0 bridgehead atoms. The van der Waals surface area contributed by atoms with E-state index in [1.165, 1.54) is 180 Å². The lowest BCUT2D eigenvalue weighted by Crippen LogP contribution is -2.65. The molecule has 0 radical (unpaired) electrons. The molecule has 0 aromatic rings. The predicted molar refractivity (Wildman–Crippen MR) is 327 cm³/mol. The molecule has 2 heterocycles. The van der Waals surface area contributed by atoms with Gasteiger partial charge in [0.15, 0.2) is 12.6 Å². The first-order valence-electron chi connectivity index (χ1n) is 33.4. The van der Waals surface area contributed by atoms with Gasteiger partial charge in [0.2, 0.25) is 5.91 Å². The maximum atomic E-state index is 13.3. The van der Waals surface area contributed by atoms with E-state index in [4.69, 9.17) is 18.9 Å². The molecule has 0 spiro atoms. The standard InChI is InChI=1S/C67H123NO13/c1-3-5-7-9-11-13-15-17-19-21-22-23-24-25-26-27-28-29-30-31-32-33-34-35-36-38-40-42-44-46-48-50-56(71)55(68-59(72)51-49-47-45-43-41-39-37-20-18-16-14-12-10-8-6-4-2)54-78-66-64(77)62(75)65(58(53-70)80-66)81-67-63(76)61(74)60(73)57(52-69)79-67/h20,34-35,37,40,42,48,50,55-58,60-67,69-71,73-77H,3-19,21-33,36,38-39,41,43-47,49,51-54H2,1-2H3,(H,68,72)/b35-34+,37-20-,42-40+,50-48+. The Bertz CT molecular complexity index is 1540. The first kappa shape index (κ1) is 75.0. The van der Waals surface area contributed by atoms with Gasteiger partial charge in [0.1, 0.15) is 48.8 Å².